The molecule has 2 amide bonds. The summed E-state index contributed by atoms with van der Waals surface area (Å²) in [4.78, 5) is 23.3. The van der Waals surface area contributed by atoms with Gasteiger partial charge >= 0.3 is 6.03 Å². The number of halogens is 2. The van der Waals surface area contributed by atoms with Crippen LogP contribution in [0.3, 0.4) is 0 Å². The molecule has 0 aliphatic heterocycles. The lowest BCUT2D eigenvalue weighted by Gasteiger charge is -2.09. The van der Waals surface area contributed by atoms with Crippen LogP contribution in [0.1, 0.15) is 13.8 Å². The molecule has 3 rings (SSSR count). The standard InChI is InChI=1S/C16H15ClFN5O/c1-8(2)20-16(24)23-15-13-11(6-7-19-15)21-14(22-13)12-9(17)4-3-5-10(12)18/h3-8H,1-2H3,(H,21,22)(H2,19,20,23,24). The van der Waals surface area contributed by atoms with E-state index in [1.54, 1.807) is 12.1 Å². The molecule has 0 atom stereocenters. The van der Waals surface area contributed by atoms with Crippen molar-refractivity contribution in [3.8, 4) is 11.4 Å². The van der Waals surface area contributed by atoms with Crippen LogP contribution in [-0.4, -0.2) is 27.0 Å². The second-order valence-electron chi connectivity index (χ2n) is 5.49. The summed E-state index contributed by atoms with van der Waals surface area (Å²) in [5, 5.41) is 5.59. The normalized spacial score (nSPS) is 11.0. The number of carbonyl (C=O) groups is 1. The molecule has 8 heteroatoms. The van der Waals surface area contributed by atoms with E-state index in [0.717, 1.165) is 0 Å². The Bertz CT molecular complexity index is 888. The summed E-state index contributed by atoms with van der Waals surface area (Å²) in [6, 6.07) is 5.69. The molecule has 24 heavy (non-hydrogen) atoms. The highest BCUT2D eigenvalue weighted by Gasteiger charge is 2.16. The summed E-state index contributed by atoms with van der Waals surface area (Å²) >= 11 is 6.08. The zero-order chi connectivity index (χ0) is 17.3. The molecule has 124 valence electrons. The highest BCUT2D eigenvalue weighted by Crippen LogP contribution is 2.31. The molecule has 3 N–H and O–H groups in total. The van der Waals surface area contributed by atoms with Crippen molar-refractivity contribution in [3.63, 3.8) is 0 Å². The fraction of sp³-hybridized carbons (Fsp3) is 0.188. The molecule has 6 nitrogen and oxygen atoms in total. The number of nitrogens with one attached hydrogen (secondary N) is 3. The zero-order valence-electron chi connectivity index (χ0n) is 13.0. The minimum atomic E-state index is -0.485. The molecule has 0 aliphatic rings. The Morgan fingerprint density at radius 2 is 2.12 bits per heavy atom. The first-order valence-electron chi connectivity index (χ1n) is 7.32. The molecule has 0 spiro atoms. The Balaban J connectivity index is 2.03. The second kappa shape index (κ2) is 6.45. The molecule has 0 fully saturated rings. The largest absolute Gasteiger partial charge is 0.338 e. The quantitative estimate of drug-likeness (QED) is 0.671. The van der Waals surface area contributed by atoms with E-state index in [-0.39, 0.29) is 28.3 Å². The Morgan fingerprint density at radius 1 is 1.33 bits per heavy atom. The monoisotopic (exact) mass is 347 g/mol. The van der Waals surface area contributed by atoms with E-state index >= 15 is 0 Å². The van der Waals surface area contributed by atoms with Gasteiger partial charge in [-0.05, 0) is 32.0 Å². The molecule has 0 radical (unpaired) electrons. The number of H-pyrrole nitrogens is 1. The first-order valence-corrected chi connectivity index (χ1v) is 7.70. The maximum Gasteiger partial charge on any atom is 0.320 e. The van der Waals surface area contributed by atoms with Crippen LogP contribution >= 0.6 is 11.6 Å². The fourth-order valence-corrected chi connectivity index (χ4v) is 2.53. The predicted octanol–water partition coefficient (Wildman–Crippen LogP) is 3.95. The van der Waals surface area contributed by atoms with Gasteiger partial charge in [-0.2, -0.15) is 0 Å². The summed E-state index contributed by atoms with van der Waals surface area (Å²) in [6.45, 7) is 3.70. The topological polar surface area (TPSA) is 82.7 Å². The number of amides is 2. The van der Waals surface area contributed by atoms with Crippen molar-refractivity contribution in [2.75, 3.05) is 5.32 Å². The van der Waals surface area contributed by atoms with E-state index in [4.69, 9.17) is 11.6 Å². The molecule has 0 bridgehead atoms. The number of nitrogens with zero attached hydrogens (tertiary/aromatic N) is 2. The van der Waals surface area contributed by atoms with Gasteiger partial charge in [0.25, 0.3) is 0 Å². The first-order chi connectivity index (χ1) is 11.5. The van der Waals surface area contributed by atoms with Gasteiger partial charge in [0.05, 0.1) is 16.1 Å². The van der Waals surface area contributed by atoms with Gasteiger partial charge in [0.1, 0.15) is 17.2 Å². The SMILES string of the molecule is CC(C)NC(=O)Nc1nccc2[nH]c(-c3c(F)cccc3Cl)nc12. The number of fused-ring (bicyclic) bond motifs is 1. The summed E-state index contributed by atoms with van der Waals surface area (Å²) in [6.07, 6.45) is 1.53. The summed E-state index contributed by atoms with van der Waals surface area (Å²) < 4.78 is 14.1. The second-order valence-corrected chi connectivity index (χ2v) is 5.90. The minimum Gasteiger partial charge on any atom is -0.338 e. The van der Waals surface area contributed by atoms with E-state index in [2.05, 4.69) is 25.6 Å². The van der Waals surface area contributed by atoms with Crippen LogP contribution in [0, 0.1) is 5.82 Å². The average molecular weight is 348 g/mol. The maximum absolute atomic E-state index is 14.1. The number of imidazole rings is 1. The van der Waals surface area contributed by atoms with Crippen molar-refractivity contribution in [2.24, 2.45) is 0 Å². The van der Waals surface area contributed by atoms with Gasteiger partial charge in [0.2, 0.25) is 0 Å². The van der Waals surface area contributed by atoms with Crippen LogP contribution in [0.2, 0.25) is 5.02 Å². The zero-order valence-corrected chi connectivity index (χ0v) is 13.8. The van der Waals surface area contributed by atoms with Gasteiger partial charge in [-0.1, -0.05) is 17.7 Å². The van der Waals surface area contributed by atoms with Gasteiger partial charge in [-0.3, -0.25) is 5.32 Å². The average Bonchev–Trinajstić information content (AvgIpc) is 2.90. The molecule has 1 aromatic carbocycles. The van der Waals surface area contributed by atoms with Crippen molar-refractivity contribution in [1.82, 2.24) is 20.3 Å². The van der Waals surface area contributed by atoms with E-state index in [9.17, 15) is 9.18 Å². The molecule has 2 heterocycles. The number of hydrogen-bond donors (Lipinski definition) is 3. The molecule has 0 saturated carbocycles. The number of aromatic amines is 1. The highest BCUT2D eigenvalue weighted by atomic mass is 35.5. The minimum absolute atomic E-state index is 0.0174. The third-order valence-electron chi connectivity index (χ3n) is 3.25. The van der Waals surface area contributed by atoms with E-state index in [1.165, 1.54) is 18.3 Å². The Hall–Kier alpha value is -2.67. The molecule has 0 unspecified atom stereocenters. The number of benzene rings is 1. The van der Waals surface area contributed by atoms with Crippen molar-refractivity contribution in [3.05, 3.63) is 41.3 Å². The third kappa shape index (κ3) is 3.16. The summed E-state index contributed by atoms with van der Waals surface area (Å²) in [5.41, 5.74) is 1.21. The lowest BCUT2D eigenvalue weighted by atomic mass is 10.2. The van der Waals surface area contributed by atoms with Gasteiger partial charge < -0.3 is 10.3 Å². The Kier molecular flexibility index (Phi) is 4.35. The lowest BCUT2D eigenvalue weighted by Crippen LogP contribution is -2.34. The number of anilines is 1. The van der Waals surface area contributed by atoms with Crippen LogP contribution in [0.15, 0.2) is 30.5 Å². The van der Waals surface area contributed by atoms with Gasteiger partial charge in [-0.15, -0.1) is 0 Å². The molecule has 3 aromatic rings. The molecule has 2 aromatic heterocycles. The maximum atomic E-state index is 14.1. The van der Waals surface area contributed by atoms with E-state index in [0.29, 0.717) is 11.0 Å². The molecular formula is C16H15ClFN5O. The molecule has 0 aliphatic carbocycles. The molecular weight excluding hydrogens is 333 g/mol. The van der Waals surface area contributed by atoms with Crippen molar-refractivity contribution in [2.45, 2.75) is 19.9 Å². The smallest absolute Gasteiger partial charge is 0.320 e. The third-order valence-corrected chi connectivity index (χ3v) is 3.57. The van der Waals surface area contributed by atoms with Gasteiger partial charge in [-0.25, -0.2) is 19.2 Å². The number of aromatic nitrogens is 3. The summed E-state index contributed by atoms with van der Waals surface area (Å²) in [7, 11) is 0. The molecule has 0 saturated heterocycles. The first kappa shape index (κ1) is 16.2. The van der Waals surface area contributed by atoms with Crippen LogP contribution < -0.4 is 10.6 Å². The van der Waals surface area contributed by atoms with Crippen LogP contribution in [-0.2, 0) is 0 Å². The van der Waals surface area contributed by atoms with Crippen LogP contribution in [0.25, 0.3) is 22.4 Å². The predicted molar refractivity (Wildman–Crippen MR) is 91.6 cm³/mol. The Labute approximate surface area is 142 Å². The van der Waals surface area contributed by atoms with Gasteiger partial charge in [0.15, 0.2) is 5.82 Å². The Morgan fingerprint density at radius 3 is 2.83 bits per heavy atom. The lowest BCUT2D eigenvalue weighted by molar-refractivity contribution is 0.250. The van der Waals surface area contributed by atoms with Crippen LogP contribution in [0.5, 0.6) is 0 Å². The van der Waals surface area contributed by atoms with Gasteiger partial charge in [0, 0.05) is 12.2 Å². The number of rotatable bonds is 3. The summed E-state index contributed by atoms with van der Waals surface area (Å²) in [5.74, 6) is 0.0654. The highest BCUT2D eigenvalue weighted by molar-refractivity contribution is 6.33. The van der Waals surface area contributed by atoms with E-state index < -0.39 is 11.8 Å². The van der Waals surface area contributed by atoms with E-state index in [1.807, 2.05) is 13.8 Å². The van der Waals surface area contributed by atoms with Crippen LogP contribution in [0.4, 0.5) is 15.0 Å². The number of hydrogen-bond acceptors (Lipinski definition) is 3. The fourth-order valence-electron chi connectivity index (χ4n) is 2.28. The number of carbonyl (C=O) groups excluding carboxylic acids is 1. The van der Waals surface area contributed by atoms with Crippen molar-refractivity contribution < 1.29 is 9.18 Å². The van der Waals surface area contributed by atoms with Crippen molar-refractivity contribution in [1.29, 1.82) is 0 Å². The number of urea groups is 1. The van der Waals surface area contributed by atoms with Crippen molar-refractivity contribution >= 4 is 34.5 Å². The number of pyridine rings is 1.